The standard InChI is InChI=1S/C15H18N4O2/c1-15(2)8-10(5-6-18-15)9-3-4-12(20)11(7-9)13(21)19-14(16)17/h3-7,20H,8H2,1-2H3,(H4,16,17,19,21). The van der Waals surface area contributed by atoms with E-state index < -0.39 is 5.91 Å². The van der Waals surface area contributed by atoms with E-state index in [1.807, 2.05) is 19.9 Å². The van der Waals surface area contributed by atoms with Gasteiger partial charge in [0, 0.05) is 6.21 Å². The van der Waals surface area contributed by atoms with Crippen molar-refractivity contribution in [2.45, 2.75) is 25.8 Å². The zero-order valence-electron chi connectivity index (χ0n) is 12.0. The average molecular weight is 286 g/mol. The van der Waals surface area contributed by atoms with Crippen LogP contribution in [-0.4, -0.2) is 28.7 Å². The van der Waals surface area contributed by atoms with Crippen LogP contribution in [0.25, 0.3) is 5.57 Å². The van der Waals surface area contributed by atoms with Crippen molar-refractivity contribution in [1.82, 2.24) is 0 Å². The summed E-state index contributed by atoms with van der Waals surface area (Å²) in [5.74, 6) is -1.16. The minimum absolute atomic E-state index is 0.0714. The van der Waals surface area contributed by atoms with Crippen LogP contribution in [0.3, 0.4) is 0 Å². The lowest BCUT2D eigenvalue weighted by Crippen LogP contribution is -2.24. The Bertz CT molecular complexity index is 668. The molecule has 1 aliphatic heterocycles. The van der Waals surface area contributed by atoms with Crippen LogP contribution in [0.5, 0.6) is 5.75 Å². The van der Waals surface area contributed by atoms with Crippen molar-refractivity contribution in [3.8, 4) is 5.75 Å². The predicted molar refractivity (Wildman–Crippen MR) is 83.4 cm³/mol. The second kappa shape index (κ2) is 5.40. The number of carbonyl (C=O) groups is 1. The summed E-state index contributed by atoms with van der Waals surface area (Å²) in [6.45, 7) is 4.06. The summed E-state index contributed by atoms with van der Waals surface area (Å²) in [6, 6.07) is 4.80. The fourth-order valence-electron chi connectivity index (χ4n) is 2.18. The molecule has 5 N–H and O–H groups in total. The first-order valence-corrected chi connectivity index (χ1v) is 6.50. The molecule has 0 fully saturated rings. The lowest BCUT2D eigenvalue weighted by atomic mass is 9.88. The van der Waals surface area contributed by atoms with E-state index in [9.17, 15) is 9.90 Å². The van der Waals surface area contributed by atoms with Gasteiger partial charge < -0.3 is 16.6 Å². The molecule has 1 aromatic rings. The van der Waals surface area contributed by atoms with Gasteiger partial charge in [0.15, 0.2) is 5.96 Å². The van der Waals surface area contributed by atoms with Crippen LogP contribution < -0.4 is 11.5 Å². The molecule has 1 amide bonds. The Kier molecular flexibility index (Phi) is 3.80. The number of aromatic hydroxyl groups is 1. The van der Waals surface area contributed by atoms with Crippen molar-refractivity contribution in [3.05, 3.63) is 35.4 Å². The van der Waals surface area contributed by atoms with E-state index in [0.717, 1.165) is 17.6 Å². The lowest BCUT2D eigenvalue weighted by Gasteiger charge is -2.24. The van der Waals surface area contributed by atoms with Gasteiger partial charge in [-0.3, -0.25) is 9.79 Å². The maximum absolute atomic E-state index is 11.9. The molecule has 0 aromatic heterocycles. The summed E-state index contributed by atoms with van der Waals surface area (Å²) in [5, 5.41) is 9.80. The number of nitrogens with zero attached hydrogens (tertiary/aromatic N) is 2. The smallest absolute Gasteiger partial charge is 0.283 e. The van der Waals surface area contributed by atoms with E-state index in [0.29, 0.717) is 0 Å². The van der Waals surface area contributed by atoms with Crippen LogP contribution >= 0.6 is 0 Å². The number of dihydropyridines is 1. The van der Waals surface area contributed by atoms with Crippen LogP contribution in [0.4, 0.5) is 0 Å². The number of aliphatic imine (C=N–C) groups is 2. The van der Waals surface area contributed by atoms with Gasteiger partial charge in [-0.25, -0.2) is 0 Å². The maximum atomic E-state index is 11.9. The largest absolute Gasteiger partial charge is 0.507 e. The summed E-state index contributed by atoms with van der Waals surface area (Å²) in [4.78, 5) is 19.7. The zero-order valence-corrected chi connectivity index (χ0v) is 12.0. The highest BCUT2D eigenvalue weighted by Gasteiger charge is 2.22. The topological polar surface area (TPSA) is 114 Å². The second-order valence-corrected chi connectivity index (χ2v) is 5.53. The number of phenolic OH excluding ortho intramolecular Hbond substituents is 1. The number of carbonyl (C=O) groups excluding carboxylic acids is 1. The van der Waals surface area contributed by atoms with Crippen LogP contribution in [0, 0.1) is 0 Å². The Morgan fingerprint density at radius 3 is 2.71 bits per heavy atom. The quantitative estimate of drug-likeness (QED) is 0.563. The van der Waals surface area contributed by atoms with Gasteiger partial charge in [0.2, 0.25) is 0 Å². The molecule has 0 radical (unpaired) electrons. The molecule has 0 aliphatic carbocycles. The third-order valence-electron chi connectivity index (χ3n) is 3.15. The molecule has 0 bridgehead atoms. The first-order valence-electron chi connectivity index (χ1n) is 6.50. The van der Waals surface area contributed by atoms with Gasteiger partial charge >= 0.3 is 0 Å². The summed E-state index contributed by atoms with van der Waals surface area (Å²) in [7, 11) is 0. The molecular weight excluding hydrogens is 268 g/mol. The number of rotatable bonds is 2. The molecule has 6 heteroatoms. The number of allylic oxidation sites excluding steroid dienone is 1. The van der Waals surface area contributed by atoms with Gasteiger partial charge in [-0.05, 0) is 49.6 Å². The minimum Gasteiger partial charge on any atom is -0.507 e. The lowest BCUT2D eigenvalue weighted by molar-refractivity contribution is 0.1000. The van der Waals surface area contributed by atoms with E-state index in [1.165, 1.54) is 6.07 Å². The zero-order chi connectivity index (χ0) is 15.6. The van der Waals surface area contributed by atoms with Crippen molar-refractivity contribution in [3.63, 3.8) is 0 Å². The molecular formula is C15H18N4O2. The second-order valence-electron chi connectivity index (χ2n) is 5.53. The van der Waals surface area contributed by atoms with Gasteiger partial charge in [-0.1, -0.05) is 6.07 Å². The van der Waals surface area contributed by atoms with E-state index in [2.05, 4.69) is 9.98 Å². The molecule has 1 aliphatic rings. The Balaban J connectivity index is 2.40. The van der Waals surface area contributed by atoms with Crippen LogP contribution in [0.2, 0.25) is 0 Å². The van der Waals surface area contributed by atoms with E-state index >= 15 is 0 Å². The SMILES string of the molecule is CC1(C)CC(c2ccc(O)c(C(=O)N=C(N)N)c2)=CC=N1. The Hall–Kier alpha value is -2.63. The molecule has 21 heavy (non-hydrogen) atoms. The average Bonchev–Trinajstić information content (AvgIpc) is 2.37. The number of hydrogen-bond donors (Lipinski definition) is 3. The van der Waals surface area contributed by atoms with Gasteiger partial charge in [0.25, 0.3) is 5.91 Å². The van der Waals surface area contributed by atoms with Crippen molar-refractivity contribution < 1.29 is 9.90 Å². The molecule has 0 saturated carbocycles. The molecule has 6 nitrogen and oxygen atoms in total. The number of benzene rings is 1. The number of guanidine groups is 1. The number of phenols is 1. The summed E-state index contributed by atoms with van der Waals surface area (Å²) in [5.41, 5.74) is 12.1. The molecule has 0 saturated heterocycles. The predicted octanol–water partition coefficient (Wildman–Crippen LogP) is 1.44. The monoisotopic (exact) mass is 286 g/mol. The highest BCUT2D eigenvalue weighted by atomic mass is 16.3. The fraction of sp³-hybridized carbons (Fsp3) is 0.267. The summed E-state index contributed by atoms with van der Waals surface area (Å²) in [6.07, 6.45) is 4.39. The van der Waals surface area contributed by atoms with Crippen molar-refractivity contribution >= 4 is 23.7 Å². The Morgan fingerprint density at radius 2 is 2.10 bits per heavy atom. The van der Waals surface area contributed by atoms with Crippen LogP contribution in [0.15, 0.2) is 34.3 Å². The molecule has 110 valence electrons. The van der Waals surface area contributed by atoms with Crippen LogP contribution in [0.1, 0.15) is 36.2 Å². The number of amides is 1. The molecule has 0 unspecified atom stereocenters. The normalized spacial score (nSPS) is 16.2. The molecule has 1 heterocycles. The minimum atomic E-state index is -0.668. The summed E-state index contributed by atoms with van der Waals surface area (Å²) >= 11 is 0. The Morgan fingerprint density at radius 1 is 1.38 bits per heavy atom. The van der Waals surface area contributed by atoms with Gasteiger partial charge in [0.1, 0.15) is 5.75 Å². The molecule has 0 spiro atoms. The van der Waals surface area contributed by atoms with Crippen molar-refractivity contribution in [1.29, 1.82) is 0 Å². The van der Waals surface area contributed by atoms with Gasteiger partial charge in [-0.15, -0.1) is 0 Å². The highest BCUT2D eigenvalue weighted by Crippen LogP contribution is 2.32. The molecule has 2 rings (SSSR count). The van der Waals surface area contributed by atoms with Crippen molar-refractivity contribution in [2.75, 3.05) is 0 Å². The molecule has 1 aromatic carbocycles. The van der Waals surface area contributed by atoms with Crippen LogP contribution in [-0.2, 0) is 0 Å². The van der Waals surface area contributed by atoms with E-state index in [4.69, 9.17) is 11.5 Å². The van der Waals surface area contributed by atoms with Crippen molar-refractivity contribution in [2.24, 2.45) is 21.5 Å². The first-order chi connectivity index (χ1) is 9.78. The molecule has 0 atom stereocenters. The third kappa shape index (κ3) is 3.47. The van der Waals surface area contributed by atoms with Gasteiger partial charge in [-0.2, -0.15) is 4.99 Å². The van der Waals surface area contributed by atoms with E-state index in [-0.39, 0.29) is 22.8 Å². The van der Waals surface area contributed by atoms with E-state index in [1.54, 1.807) is 18.3 Å². The Labute approximate surface area is 122 Å². The number of nitrogens with two attached hydrogens (primary N) is 2. The highest BCUT2D eigenvalue weighted by molar-refractivity contribution is 6.04. The fourth-order valence-corrected chi connectivity index (χ4v) is 2.18. The van der Waals surface area contributed by atoms with Gasteiger partial charge in [0.05, 0.1) is 11.1 Å². The summed E-state index contributed by atoms with van der Waals surface area (Å²) < 4.78 is 0. The first kappa shape index (κ1) is 14.8. The third-order valence-corrected chi connectivity index (χ3v) is 3.15. The number of hydrogen-bond acceptors (Lipinski definition) is 3. The maximum Gasteiger partial charge on any atom is 0.283 e.